The van der Waals surface area contributed by atoms with Crippen molar-refractivity contribution in [3.8, 4) is 12.3 Å². The van der Waals surface area contributed by atoms with E-state index in [4.69, 9.17) is 27.3 Å². The van der Waals surface area contributed by atoms with E-state index in [1.165, 1.54) is 0 Å². The summed E-state index contributed by atoms with van der Waals surface area (Å²) in [7, 11) is -0.584. The van der Waals surface area contributed by atoms with Crippen molar-refractivity contribution in [2.75, 3.05) is 0 Å². The van der Waals surface area contributed by atoms with Crippen LogP contribution in [-0.2, 0) is 9.31 Å². The second-order valence-corrected chi connectivity index (χ2v) is 5.69. The lowest BCUT2D eigenvalue weighted by atomic mass is 9.81. The van der Waals surface area contributed by atoms with Crippen molar-refractivity contribution in [3.05, 3.63) is 22.8 Å². The van der Waals surface area contributed by atoms with Gasteiger partial charge in [-0.3, -0.25) is 0 Å². The number of hydrogen-bond acceptors (Lipinski definition) is 3. The van der Waals surface area contributed by atoms with Gasteiger partial charge in [0.2, 0.25) is 0 Å². The largest absolute Gasteiger partial charge is 0.515 e. The summed E-state index contributed by atoms with van der Waals surface area (Å²) < 4.78 is 11.8. The molecule has 0 amide bonds. The zero-order valence-corrected chi connectivity index (χ0v) is 11.7. The van der Waals surface area contributed by atoms with Gasteiger partial charge in [0, 0.05) is 5.56 Å². The van der Waals surface area contributed by atoms with Crippen molar-refractivity contribution in [1.29, 1.82) is 0 Å². The molecular weight excluding hydrogens is 248 g/mol. The zero-order chi connectivity index (χ0) is 13.6. The summed E-state index contributed by atoms with van der Waals surface area (Å²) in [4.78, 5) is 4.23. The molecule has 0 aliphatic carbocycles. The van der Waals surface area contributed by atoms with E-state index in [2.05, 4.69) is 10.9 Å². The Morgan fingerprint density at radius 1 is 1.22 bits per heavy atom. The maximum Gasteiger partial charge on any atom is 0.515 e. The first-order chi connectivity index (χ1) is 8.27. The number of terminal acetylenes is 1. The minimum Gasteiger partial charge on any atom is -0.398 e. The summed E-state index contributed by atoms with van der Waals surface area (Å²) in [5.74, 6) is 2.57. The Labute approximate surface area is 113 Å². The average molecular weight is 264 g/mol. The molecule has 5 heteroatoms. The number of aromatic nitrogens is 1. The Kier molecular flexibility index (Phi) is 3.18. The average Bonchev–Trinajstić information content (AvgIpc) is 2.48. The molecule has 0 bridgehead atoms. The van der Waals surface area contributed by atoms with Crippen LogP contribution in [0.4, 0.5) is 0 Å². The number of hydrogen-bond donors (Lipinski definition) is 0. The number of rotatable bonds is 1. The fourth-order valence-corrected chi connectivity index (χ4v) is 1.86. The summed E-state index contributed by atoms with van der Waals surface area (Å²) in [6.07, 6.45) is 5.46. The molecule has 94 valence electrons. The fourth-order valence-electron chi connectivity index (χ4n) is 1.71. The molecule has 0 unspecified atom stereocenters. The van der Waals surface area contributed by atoms with Crippen molar-refractivity contribution < 1.29 is 9.31 Å². The lowest BCUT2D eigenvalue weighted by molar-refractivity contribution is 0.00578. The Bertz CT molecular complexity index is 506. The summed E-state index contributed by atoms with van der Waals surface area (Å²) in [5, 5.41) is 0.374. The predicted molar refractivity (Wildman–Crippen MR) is 72.9 cm³/mol. The van der Waals surface area contributed by atoms with Crippen LogP contribution in [0.3, 0.4) is 0 Å². The second-order valence-electron chi connectivity index (χ2n) is 5.30. The molecule has 0 N–H and O–H groups in total. The number of halogens is 1. The Hall–Kier alpha value is -1.02. The smallest absolute Gasteiger partial charge is 0.398 e. The molecule has 3 nitrogen and oxygen atoms in total. The van der Waals surface area contributed by atoms with Crippen molar-refractivity contribution in [2.45, 2.75) is 38.9 Å². The molecule has 0 atom stereocenters. The van der Waals surface area contributed by atoms with Crippen LogP contribution < -0.4 is 5.59 Å². The molecule has 0 saturated carbocycles. The first kappa shape index (κ1) is 13.4. The van der Waals surface area contributed by atoms with Crippen LogP contribution in [0, 0.1) is 12.3 Å². The third kappa shape index (κ3) is 2.14. The van der Waals surface area contributed by atoms with Gasteiger partial charge in [0.1, 0.15) is 5.15 Å². The van der Waals surface area contributed by atoms with Gasteiger partial charge in [-0.1, -0.05) is 17.5 Å². The van der Waals surface area contributed by atoms with Gasteiger partial charge in [0.15, 0.2) is 0 Å². The van der Waals surface area contributed by atoms with Crippen molar-refractivity contribution in [1.82, 2.24) is 4.98 Å². The minimum atomic E-state index is -0.584. The van der Waals surface area contributed by atoms with Crippen molar-refractivity contribution in [2.24, 2.45) is 0 Å². The first-order valence-electron chi connectivity index (χ1n) is 5.75. The van der Waals surface area contributed by atoms with E-state index >= 15 is 0 Å². The molecule has 1 fully saturated rings. The van der Waals surface area contributed by atoms with E-state index in [1.807, 2.05) is 27.7 Å². The normalized spacial score (nSPS) is 20.8. The van der Waals surface area contributed by atoms with Crippen LogP contribution in [-0.4, -0.2) is 23.3 Å². The van der Waals surface area contributed by atoms with E-state index in [0.29, 0.717) is 16.3 Å². The minimum absolute atomic E-state index is 0.374. The molecule has 1 aliphatic heterocycles. The highest BCUT2D eigenvalue weighted by Crippen LogP contribution is 2.36. The second kappa shape index (κ2) is 4.27. The molecule has 0 aromatic carbocycles. The third-order valence-electron chi connectivity index (χ3n) is 3.52. The maximum atomic E-state index is 5.91. The van der Waals surface area contributed by atoms with E-state index < -0.39 is 18.3 Å². The SMILES string of the molecule is C#Cc1ccc(Cl)nc1B1OC(C)(C)C(C)(C)O1. The van der Waals surface area contributed by atoms with Gasteiger partial charge < -0.3 is 9.31 Å². The molecule has 1 aliphatic rings. The zero-order valence-electron chi connectivity index (χ0n) is 11.0. The number of nitrogens with zero attached hydrogens (tertiary/aromatic N) is 1. The quantitative estimate of drug-likeness (QED) is 0.441. The van der Waals surface area contributed by atoms with Gasteiger partial charge in [-0.05, 0) is 39.8 Å². The van der Waals surface area contributed by atoms with Crippen molar-refractivity contribution in [3.63, 3.8) is 0 Å². The van der Waals surface area contributed by atoms with Crippen LogP contribution in [0.5, 0.6) is 0 Å². The Morgan fingerprint density at radius 3 is 2.28 bits per heavy atom. The van der Waals surface area contributed by atoms with Gasteiger partial charge in [0.25, 0.3) is 0 Å². The molecule has 18 heavy (non-hydrogen) atoms. The van der Waals surface area contributed by atoms with Crippen LogP contribution >= 0.6 is 11.6 Å². The lowest BCUT2D eigenvalue weighted by Crippen LogP contribution is -2.41. The highest BCUT2D eigenvalue weighted by molar-refractivity contribution is 6.62. The van der Waals surface area contributed by atoms with Crippen LogP contribution in [0.2, 0.25) is 5.15 Å². The van der Waals surface area contributed by atoms with Crippen LogP contribution in [0.25, 0.3) is 0 Å². The molecule has 0 spiro atoms. The van der Waals surface area contributed by atoms with E-state index in [0.717, 1.165) is 0 Å². The van der Waals surface area contributed by atoms with E-state index in [1.54, 1.807) is 12.1 Å². The molecule has 2 rings (SSSR count). The summed E-state index contributed by atoms with van der Waals surface area (Å²) in [6.45, 7) is 7.92. The maximum absolute atomic E-state index is 5.91. The monoisotopic (exact) mass is 263 g/mol. The van der Waals surface area contributed by atoms with E-state index in [-0.39, 0.29) is 0 Å². The fraction of sp³-hybridized carbons (Fsp3) is 0.462. The Morgan fingerprint density at radius 2 is 1.78 bits per heavy atom. The summed E-state index contributed by atoms with van der Waals surface area (Å²) in [6, 6.07) is 3.40. The highest BCUT2D eigenvalue weighted by atomic mass is 35.5. The number of pyridine rings is 1. The van der Waals surface area contributed by atoms with Crippen molar-refractivity contribution >= 4 is 24.3 Å². The predicted octanol–water partition coefficient (Wildman–Crippen LogP) is 2.02. The molecule has 1 aromatic rings. The summed E-state index contributed by atoms with van der Waals surface area (Å²) in [5.41, 5.74) is 0.350. The van der Waals surface area contributed by atoms with Gasteiger partial charge in [-0.25, -0.2) is 4.98 Å². The molecular formula is C13H15BClNO2. The Balaban J connectivity index is 2.41. The molecule has 0 radical (unpaired) electrons. The van der Waals surface area contributed by atoms with Gasteiger partial charge in [0.05, 0.1) is 16.8 Å². The standard InChI is InChI=1S/C13H15BClNO2/c1-6-9-7-8-10(15)16-11(9)14-17-12(2,3)13(4,5)18-14/h1,7-8H,2-5H3. The third-order valence-corrected chi connectivity index (χ3v) is 3.73. The molecule has 1 aromatic heterocycles. The van der Waals surface area contributed by atoms with Crippen LogP contribution in [0.15, 0.2) is 12.1 Å². The summed E-state index contributed by atoms with van der Waals surface area (Å²) >= 11 is 5.90. The molecule has 2 heterocycles. The van der Waals surface area contributed by atoms with E-state index in [9.17, 15) is 0 Å². The van der Waals surface area contributed by atoms with Gasteiger partial charge in [-0.15, -0.1) is 6.42 Å². The van der Waals surface area contributed by atoms with Gasteiger partial charge >= 0.3 is 7.12 Å². The first-order valence-corrected chi connectivity index (χ1v) is 6.13. The van der Waals surface area contributed by atoms with Crippen LogP contribution in [0.1, 0.15) is 33.3 Å². The van der Waals surface area contributed by atoms with Gasteiger partial charge in [-0.2, -0.15) is 0 Å². The molecule has 1 saturated heterocycles. The highest BCUT2D eigenvalue weighted by Gasteiger charge is 2.52. The lowest BCUT2D eigenvalue weighted by Gasteiger charge is -2.32. The topological polar surface area (TPSA) is 31.4 Å².